The number of nitrogens with zero attached hydrogens (tertiary/aromatic N) is 2. The molecule has 7 heteroatoms. The standard InChI is InChI=1S/C22H24BrN3O3/c1-15(2)25(13-16-8-5-4-6-9-16)19(27)14-26-20(28)22(3,24-21(26)29)17-10-7-11-18(23)12-17/h4-12,15H,13-14H2,1-3H3,(H,24,29)/t22-/m1/s1. The molecular formula is C22H24BrN3O3. The highest BCUT2D eigenvalue weighted by Crippen LogP contribution is 2.30. The minimum atomic E-state index is -1.21. The van der Waals surface area contributed by atoms with Crippen LogP contribution in [0.25, 0.3) is 0 Å². The van der Waals surface area contributed by atoms with Crippen molar-refractivity contribution in [1.29, 1.82) is 0 Å². The van der Waals surface area contributed by atoms with E-state index in [9.17, 15) is 14.4 Å². The Morgan fingerprint density at radius 1 is 1.14 bits per heavy atom. The van der Waals surface area contributed by atoms with Gasteiger partial charge in [-0.1, -0.05) is 58.4 Å². The number of hydrogen-bond acceptors (Lipinski definition) is 3. The summed E-state index contributed by atoms with van der Waals surface area (Å²) in [6, 6.07) is 16.2. The summed E-state index contributed by atoms with van der Waals surface area (Å²) in [4.78, 5) is 41.3. The Labute approximate surface area is 179 Å². The van der Waals surface area contributed by atoms with Crippen molar-refractivity contribution in [1.82, 2.24) is 15.1 Å². The number of amides is 4. The molecule has 2 aromatic carbocycles. The lowest BCUT2D eigenvalue weighted by atomic mass is 9.92. The van der Waals surface area contributed by atoms with E-state index in [-0.39, 0.29) is 18.5 Å². The summed E-state index contributed by atoms with van der Waals surface area (Å²) in [5, 5.41) is 2.74. The lowest BCUT2D eigenvalue weighted by Crippen LogP contribution is -2.46. The summed E-state index contributed by atoms with van der Waals surface area (Å²) >= 11 is 3.39. The fourth-order valence-corrected chi connectivity index (χ4v) is 3.80. The van der Waals surface area contributed by atoms with E-state index in [1.807, 2.05) is 50.2 Å². The molecule has 0 unspecified atom stereocenters. The number of hydrogen-bond donors (Lipinski definition) is 1. The van der Waals surface area contributed by atoms with Crippen LogP contribution in [0.3, 0.4) is 0 Å². The predicted octanol–water partition coefficient (Wildman–Crippen LogP) is 3.65. The Kier molecular flexibility index (Phi) is 6.07. The second-order valence-electron chi connectivity index (χ2n) is 7.56. The van der Waals surface area contributed by atoms with E-state index in [4.69, 9.17) is 0 Å². The van der Waals surface area contributed by atoms with Crippen molar-refractivity contribution >= 4 is 33.8 Å². The van der Waals surface area contributed by atoms with Crippen LogP contribution in [0, 0.1) is 0 Å². The Balaban J connectivity index is 1.78. The van der Waals surface area contributed by atoms with Gasteiger partial charge in [0.2, 0.25) is 5.91 Å². The number of carbonyl (C=O) groups is 3. The van der Waals surface area contributed by atoms with Crippen molar-refractivity contribution < 1.29 is 14.4 Å². The Bertz CT molecular complexity index is 932. The van der Waals surface area contributed by atoms with E-state index in [2.05, 4.69) is 21.2 Å². The molecule has 0 spiro atoms. The van der Waals surface area contributed by atoms with Gasteiger partial charge in [-0.25, -0.2) is 4.79 Å². The van der Waals surface area contributed by atoms with Gasteiger partial charge in [0, 0.05) is 17.1 Å². The van der Waals surface area contributed by atoms with Gasteiger partial charge in [0.25, 0.3) is 5.91 Å². The first-order valence-corrected chi connectivity index (χ1v) is 10.2. The monoisotopic (exact) mass is 457 g/mol. The normalized spacial score (nSPS) is 18.9. The van der Waals surface area contributed by atoms with Crippen molar-refractivity contribution in [2.75, 3.05) is 6.54 Å². The lowest BCUT2D eigenvalue weighted by molar-refractivity contribution is -0.140. The summed E-state index contributed by atoms with van der Waals surface area (Å²) in [5.41, 5.74) is 0.444. The molecule has 1 aliphatic heterocycles. The summed E-state index contributed by atoms with van der Waals surface area (Å²) in [6.07, 6.45) is 0. The van der Waals surface area contributed by atoms with Gasteiger partial charge >= 0.3 is 6.03 Å². The van der Waals surface area contributed by atoms with Crippen molar-refractivity contribution in [2.24, 2.45) is 0 Å². The molecule has 4 amide bonds. The van der Waals surface area contributed by atoms with Gasteiger partial charge in [-0.15, -0.1) is 0 Å². The molecule has 152 valence electrons. The fourth-order valence-electron chi connectivity index (χ4n) is 3.40. The molecule has 1 atom stereocenters. The summed E-state index contributed by atoms with van der Waals surface area (Å²) < 4.78 is 0.807. The van der Waals surface area contributed by atoms with E-state index in [0.717, 1.165) is 14.9 Å². The Hall–Kier alpha value is -2.67. The van der Waals surface area contributed by atoms with E-state index < -0.39 is 17.5 Å². The van der Waals surface area contributed by atoms with Crippen LogP contribution in [0.4, 0.5) is 4.79 Å². The molecule has 0 bridgehead atoms. The van der Waals surface area contributed by atoms with Gasteiger partial charge in [0.15, 0.2) is 0 Å². The smallest absolute Gasteiger partial charge is 0.325 e. The molecule has 0 saturated carbocycles. The number of urea groups is 1. The molecule has 2 aromatic rings. The van der Waals surface area contributed by atoms with Gasteiger partial charge < -0.3 is 10.2 Å². The topological polar surface area (TPSA) is 69.7 Å². The molecule has 0 aliphatic carbocycles. The molecule has 3 rings (SSSR count). The number of carbonyl (C=O) groups excluding carboxylic acids is 3. The highest BCUT2D eigenvalue weighted by atomic mass is 79.9. The summed E-state index contributed by atoms with van der Waals surface area (Å²) in [5.74, 6) is -0.705. The molecule has 1 N–H and O–H groups in total. The molecule has 0 radical (unpaired) electrons. The zero-order valence-corrected chi connectivity index (χ0v) is 18.3. The van der Waals surface area contributed by atoms with Gasteiger partial charge in [-0.2, -0.15) is 0 Å². The zero-order valence-electron chi connectivity index (χ0n) is 16.7. The zero-order chi connectivity index (χ0) is 21.2. The molecular weight excluding hydrogens is 434 g/mol. The molecule has 6 nitrogen and oxygen atoms in total. The number of halogens is 1. The minimum absolute atomic E-state index is 0.0695. The van der Waals surface area contributed by atoms with Crippen LogP contribution in [-0.2, 0) is 21.7 Å². The lowest BCUT2D eigenvalue weighted by Gasteiger charge is -2.28. The van der Waals surface area contributed by atoms with Crippen LogP contribution < -0.4 is 5.32 Å². The number of rotatable bonds is 6. The maximum absolute atomic E-state index is 13.1. The van der Waals surface area contributed by atoms with E-state index >= 15 is 0 Å². The van der Waals surface area contributed by atoms with E-state index in [0.29, 0.717) is 12.1 Å². The van der Waals surface area contributed by atoms with E-state index in [1.165, 1.54) is 0 Å². The van der Waals surface area contributed by atoms with Crippen LogP contribution in [0.1, 0.15) is 31.9 Å². The fraction of sp³-hybridized carbons (Fsp3) is 0.318. The van der Waals surface area contributed by atoms with Crippen LogP contribution >= 0.6 is 15.9 Å². The SMILES string of the molecule is CC(C)N(Cc1ccccc1)C(=O)CN1C(=O)N[C@](C)(c2cccc(Br)c2)C1=O. The first-order chi connectivity index (χ1) is 13.7. The van der Waals surface area contributed by atoms with Crippen LogP contribution in [0.5, 0.6) is 0 Å². The first kappa shape index (κ1) is 21.0. The van der Waals surface area contributed by atoms with Gasteiger partial charge in [0.05, 0.1) is 0 Å². The van der Waals surface area contributed by atoms with E-state index in [1.54, 1.807) is 30.0 Å². The Morgan fingerprint density at radius 3 is 2.45 bits per heavy atom. The van der Waals surface area contributed by atoms with Crippen molar-refractivity contribution in [3.8, 4) is 0 Å². The number of imide groups is 1. The van der Waals surface area contributed by atoms with Crippen molar-refractivity contribution in [3.63, 3.8) is 0 Å². The van der Waals surface area contributed by atoms with Crippen LogP contribution in [-0.4, -0.2) is 40.2 Å². The van der Waals surface area contributed by atoms with Gasteiger partial charge in [-0.3, -0.25) is 14.5 Å². The van der Waals surface area contributed by atoms with Crippen LogP contribution in [0.2, 0.25) is 0 Å². The van der Waals surface area contributed by atoms with Gasteiger partial charge in [0.1, 0.15) is 12.1 Å². The molecule has 1 heterocycles. The third-order valence-electron chi connectivity index (χ3n) is 5.11. The largest absolute Gasteiger partial charge is 0.334 e. The molecule has 1 fully saturated rings. The maximum Gasteiger partial charge on any atom is 0.325 e. The quantitative estimate of drug-likeness (QED) is 0.672. The third-order valence-corrected chi connectivity index (χ3v) is 5.60. The molecule has 1 aliphatic rings. The molecule has 1 saturated heterocycles. The third kappa shape index (κ3) is 4.34. The number of nitrogens with one attached hydrogen (secondary N) is 1. The average Bonchev–Trinajstić information content (AvgIpc) is 2.90. The van der Waals surface area contributed by atoms with Crippen molar-refractivity contribution in [2.45, 2.75) is 38.9 Å². The predicted molar refractivity (Wildman–Crippen MR) is 114 cm³/mol. The van der Waals surface area contributed by atoms with Gasteiger partial charge in [-0.05, 0) is 44.0 Å². The highest BCUT2D eigenvalue weighted by molar-refractivity contribution is 9.10. The Morgan fingerprint density at radius 2 is 1.83 bits per heavy atom. The second kappa shape index (κ2) is 8.37. The van der Waals surface area contributed by atoms with Crippen molar-refractivity contribution in [3.05, 3.63) is 70.2 Å². The molecule has 29 heavy (non-hydrogen) atoms. The summed E-state index contributed by atoms with van der Waals surface area (Å²) in [6.45, 7) is 5.61. The molecule has 0 aromatic heterocycles. The second-order valence-corrected chi connectivity index (χ2v) is 8.47. The highest BCUT2D eigenvalue weighted by Gasteiger charge is 2.49. The first-order valence-electron chi connectivity index (χ1n) is 9.46. The van der Waals surface area contributed by atoms with Crippen LogP contribution in [0.15, 0.2) is 59.1 Å². The summed E-state index contributed by atoms with van der Waals surface area (Å²) in [7, 11) is 0. The average molecular weight is 458 g/mol. The maximum atomic E-state index is 13.1. The number of benzene rings is 2. The minimum Gasteiger partial charge on any atom is -0.334 e.